The van der Waals surface area contributed by atoms with Crippen molar-refractivity contribution in [3.05, 3.63) is 76.3 Å². The van der Waals surface area contributed by atoms with Gasteiger partial charge in [-0.25, -0.2) is 4.98 Å². The number of piperazine rings is 1. The van der Waals surface area contributed by atoms with Gasteiger partial charge >= 0.3 is 0 Å². The van der Waals surface area contributed by atoms with E-state index < -0.39 is 0 Å². The smallest absolute Gasteiger partial charge is 0.276 e. The van der Waals surface area contributed by atoms with Gasteiger partial charge in [0.25, 0.3) is 5.56 Å². The van der Waals surface area contributed by atoms with E-state index in [1.54, 1.807) is 12.3 Å². The predicted octanol–water partition coefficient (Wildman–Crippen LogP) is 2.61. The summed E-state index contributed by atoms with van der Waals surface area (Å²) in [5.41, 5.74) is 5.41. The summed E-state index contributed by atoms with van der Waals surface area (Å²) in [6, 6.07) is 13.8. The van der Waals surface area contributed by atoms with Crippen molar-refractivity contribution in [1.82, 2.24) is 18.9 Å². The molecule has 5 rings (SSSR count). The van der Waals surface area contributed by atoms with Crippen LogP contribution in [0.5, 0.6) is 0 Å². The Hall–Kier alpha value is -3.61. The molecule has 1 aromatic carbocycles. The summed E-state index contributed by atoms with van der Waals surface area (Å²) in [5.74, 6) is -0.0504. The Balaban J connectivity index is 1.38. The fourth-order valence-corrected chi connectivity index (χ4v) is 4.42. The molecule has 0 radical (unpaired) electrons. The van der Waals surface area contributed by atoms with Gasteiger partial charge in [0.15, 0.2) is 5.65 Å². The van der Waals surface area contributed by atoms with E-state index in [0.29, 0.717) is 24.3 Å². The first-order valence-corrected chi connectivity index (χ1v) is 10.6. The fourth-order valence-electron chi connectivity index (χ4n) is 4.42. The first-order chi connectivity index (χ1) is 15.0. The van der Waals surface area contributed by atoms with Crippen LogP contribution in [-0.2, 0) is 11.3 Å². The van der Waals surface area contributed by atoms with Crippen molar-refractivity contribution in [2.75, 3.05) is 31.1 Å². The molecule has 3 aromatic heterocycles. The van der Waals surface area contributed by atoms with Crippen LogP contribution >= 0.6 is 0 Å². The Morgan fingerprint density at radius 3 is 2.58 bits per heavy atom. The van der Waals surface area contributed by atoms with Crippen molar-refractivity contribution in [3.8, 4) is 0 Å². The average Bonchev–Trinajstić information content (AvgIpc) is 3.29. The molecule has 7 nitrogen and oxygen atoms in total. The number of pyridine rings is 1. The summed E-state index contributed by atoms with van der Waals surface area (Å²) < 4.78 is 3.33. The molecule has 0 aliphatic carbocycles. The molecule has 0 spiro atoms. The van der Waals surface area contributed by atoms with Gasteiger partial charge in [0.2, 0.25) is 5.91 Å². The molecule has 0 atom stereocenters. The minimum Gasteiger partial charge on any atom is -0.368 e. The fraction of sp³-hybridized carbons (Fsp3) is 0.292. The number of carbonyl (C=O) groups excluding carboxylic acids is 1. The highest BCUT2D eigenvalue weighted by Gasteiger charge is 2.23. The molecule has 31 heavy (non-hydrogen) atoms. The number of fused-ring (bicyclic) bond motifs is 3. The number of aromatic nitrogens is 3. The molecule has 0 saturated carbocycles. The number of hydrogen-bond acceptors (Lipinski definition) is 4. The van der Waals surface area contributed by atoms with Gasteiger partial charge in [-0.05, 0) is 55.3 Å². The van der Waals surface area contributed by atoms with E-state index in [2.05, 4.69) is 41.9 Å². The van der Waals surface area contributed by atoms with Crippen LogP contribution in [0.3, 0.4) is 0 Å². The normalized spacial score (nSPS) is 14.5. The molecule has 0 N–H and O–H groups in total. The van der Waals surface area contributed by atoms with Crippen LogP contribution in [-0.4, -0.2) is 50.9 Å². The van der Waals surface area contributed by atoms with E-state index in [1.165, 1.54) is 21.4 Å². The zero-order valence-electron chi connectivity index (χ0n) is 17.8. The maximum atomic E-state index is 13.1. The van der Waals surface area contributed by atoms with Gasteiger partial charge in [0.05, 0.1) is 5.52 Å². The molecule has 1 amide bonds. The van der Waals surface area contributed by atoms with Gasteiger partial charge in [-0.3, -0.25) is 14.2 Å². The lowest BCUT2D eigenvalue weighted by Gasteiger charge is -2.37. The molecule has 1 aliphatic heterocycles. The van der Waals surface area contributed by atoms with Crippen molar-refractivity contribution in [2.45, 2.75) is 20.4 Å². The minimum absolute atomic E-state index is 0.00248. The lowest BCUT2D eigenvalue weighted by atomic mass is 10.1. The number of anilines is 1. The largest absolute Gasteiger partial charge is 0.368 e. The maximum Gasteiger partial charge on any atom is 0.276 e. The number of rotatable bonds is 3. The predicted molar refractivity (Wildman–Crippen MR) is 122 cm³/mol. The summed E-state index contributed by atoms with van der Waals surface area (Å²) in [4.78, 5) is 34.8. The zero-order chi connectivity index (χ0) is 21.5. The van der Waals surface area contributed by atoms with Gasteiger partial charge in [-0.15, -0.1) is 0 Å². The van der Waals surface area contributed by atoms with Gasteiger partial charge in [-0.2, -0.15) is 0 Å². The molecule has 7 heteroatoms. The summed E-state index contributed by atoms with van der Waals surface area (Å²) in [6.07, 6.45) is 3.50. The number of carbonyl (C=O) groups is 1. The highest BCUT2D eigenvalue weighted by molar-refractivity contribution is 5.80. The standard InChI is InChI=1S/C24H25N5O2/c1-17-7-8-18(2)21(15-17)26-11-13-27(14-12-26)22(30)16-29-23-19(5-3-9-25-23)28-10-4-6-20(28)24(29)31/h3-10,15H,11-14,16H2,1-2H3. The highest BCUT2D eigenvalue weighted by Crippen LogP contribution is 2.23. The quantitative estimate of drug-likeness (QED) is 0.516. The number of amides is 1. The molecule has 1 fully saturated rings. The number of aryl methyl sites for hydroxylation is 2. The van der Waals surface area contributed by atoms with Crippen LogP contribution < -0.4 is 10.5 Å². The maximum absolute atomic E-state index is 13.1. The van der Waals surface area contributed by atoms with Gasteiger partial charge in [0, 0.05) is 44.3 Å². The Morgan fingerprint density at radius 2 is 1.77 bits per heavy atom. The lowest BCUT2D eigenvalue weighted by Crippen LogP contribution is -2.50. The van der Waals surface area contributed by atoms with E-state index >= 15 is 0 Å². The summed E-state index contributed by atoms with van der Waals surface area (Å²) in [7, 11) is 0. The van der Waals surface area contributed by atoms with Gasteiger partial charge < -0.3 is 14.2 Å². The SMILES string of the molecule is Cc1ccc(C)c(N2CCN(C(=O)Cn3c(=O)c4cccn4c4cccnc43)CC2)c1. The van der Waals surface area contributed by atoms with E-state index in [4.69, 9.17) is 0 Å². The summed E-state index contributed by atoms with van der Waals surface area (Å²) in [6.45, 7) is 7.05. The third-order valence-electron chi connectivity index (χ3n) is 6.13. The second-order valence-electron chi connectivity index (χ2n) is 8.16. The van der Waals surface area contributed by atoms with E-state index in [1.807, 2.05) is 33.7 Å². The third-order valence-corrected chi connectivity index (χ3v) is 6.13. The van der Waals surface area contributed by atoms with Crippen LogP contribution in [0.1, 0.15) is 11.1 Å². The van der Waals surface area contributed by atoms with E-state index in [9.17, 15) is 9.59 Å². The van der Waals surface area contributed by atoms with Crippen LogP contribution in [0.2, 0.25) is 0 Å². The number of benzene rings is 1. The molecule has 1 aliphatic rings. The van der Waals surface area contributed by atoms with Crippen LogP contribution in [0, 0.1) is 13.8 Å². The Kier molecular flexibility index (Phi) is 4.73. The summed E-state index contributed by atoms with van der Waals surface area (Å²) in [5, 5.41) is 0. The van der Waals surface area contributed by atoms with Crippen molar-refractivity contribution in [1.29, 1.82) is 0 Å². The third kappa shape index (κ3) is 3.36. The van der Waals surface area contributed by atoms with Crippen LogP contribution in [0.4, 0.5) is 5.69 Å². The molecular formula is C24H25N5O2. The molecular weight excluding hydrogens is 390 g/mol. The number of nitrogens with zero attached hydrogens (tertiary/aromatic N) is 5. The molecule has 4 aromatic rings. The monoisotopic (exact) mass is 415 g/mol. The van der Waals surface area contributed by atoms with Crippen LogP contribution in [0.15, 0.2) is 59.7 Å². The average molecular weight is 415 g/mol. The van der Waals surface area contributed by atoms with E-state index in [0.717, 1.165) is 18.6 Å². The van der Waals surface area contributed by atoms with E-state index in [-0.39, 0.29) is 18.0 Å². The number of hydrogen-bond donors (Lipinski definition) is 0. The van der Waals surface area contributed by atoms with Crippen molar-refractivity contribution < 1.29 is 4.79 Å². The Morgan fingerprint density at radius 1 is 1.00 bits per heavy atom. The van der Waals surface area contributed by atoms with Crippen molar-refractivity contribution >= 4 is 28.3 Å². The molecule has 158 valence electrons. The second kappa shape index (κ2) is 7.58. The summed E-state index contributed by atoms with van der Waals surface area (Å²) >= 11 is 0. The minimum atomic E-state index is -0.196. The highest BCUT2D eigenvalue weighted by atomic mass is 16.2. The van der Waals surface area contributed by atoms with Crippen molar-refractivity contribution in [3.63, 3.8) is 0 Å². The van der Waals surface area contributed by atoms with Gasteiger partial charge in [0.1, 0.15) is 12.1 Å². The second-order valence-corrected chi connectivity index (χ2v) is 8.16. The first-order valence-electron chi connectivity index (χ1n) is 10.6. The van der Waals surface area contributed by atoms with Crippen LogP contribution in [0.25, 0.3) is 16.7 Å². The van der Waals surface area contributed by atoms with Crippen molar-refractivity contribution in [2.24, 2.45) is 0 Å². The van der Waals surface area contributed by atoms with Gasteiger partial charge in [-0.1, -0.05) is 12.1 Å². The topological polar surface area (TPSA) is 62.8 Å². The lowest BCUT2D eigenvalue weighted by molar-refractivity contribution is -0.132. The Labute approximate surface area is 180 Å². The Bertz CT molecular complexity index is 1350. The molecule has 4 heterocycles. The molecule has 0 unspecified atom stereocenters. The molecule has 1 saturated heterocycles. The molecule has 0 bridgehead atoms. The first kappa shape index (κ1) is 19.4. The zero-order valence-corrected chi connectivity index (χ0v) is 17.8.